The van der Waals surface area contributed by atoms with Crippen molar-refractivity contribution in [1.29, 1.82) is 0 Å². The molecule has 0 aromatic carbocycles. The summed E-state index contributed by atoms with van der Waals surface area (Å²) in [5, 5.41) is 5.43. The van der Waals surface area contributed by atoms with E-state index in [9.17, 15) is 9.59 Å². The van der Waals surface area contributed by atoms with Gasteiger partial charge in [-0.3, -0.25) is 9.59 Å². The smallest absolute Gasteiger partial charge is 0.220 e. The molecule has 0 saturated carbocycles. The third-order valence-electron chi connectivity index (χ3n) is 1.68. The zero-order valence-corrected chi connectivity index (χ0v) is 9.22. The van der Waals surface area contributed by atoms with Gasteiger partial charge >= 0.3 is 0 Å². The van der Waals surface area contributed by atoms with E-state index in [-0.39, 0.29) is 11.8 Å². The van der Waals surface area contributed by atoms with Crippen LogP contribution in [-0.2, 0) is 9.59 Å². The van der Waals surface area contributed by atoms with Crippen molar-refractivity contribution in [3.63, 3.8) is 0 Å². The van der Waals surface area contributed by atoms with Gasteiger partial charge in [0.2, 0.25) is 11.8 Å². The van der Waals surface area contributed by atoms with Gasteiger partial charge in [-0.25, -0.2) is 0 Å². The van der Waals surface area contributed by atoms with E-state index in [0.717, 1.165) is 0 Å². The molecule has 2 amide bonds. The average Bonchev–Trinajstić information content (AvgIpc) is 2.10. The Morgan fingerprint density at radius 2 is 1.57 bits per heavy atom. The van der Waals surface area contributed by atoms with E-state index in [2.05, 4.69) is 10.6 Å². The predicted molar refractivity (Wildman–Crippen MR) is 55.8 cm³/mol. The first-order valence-corrected chi connectivity index (χ1v) is 5.09. The standard InChI is InChI=1S/C10H20N2O2/c1-4-9(13)11-5-6-12-10(14)7-8(2)3/h8H,4-7H2,1-3H3,(H,11,13)(H,12,14). The van der Waals surface area contributed by atoms with Crippen molar-refractivity contribution in [3.05, 3.63) is 0 Å². The van der Waals surface area contributed by atoms with Gasteiger partial charge in [-0.15, -0.1) is 0 Å². The molecule has 0 unspecified atom stereocenters. The van der Waals surface area contributed by atoms with Gasteiger partial charge in [0.05, 0.1) is 0 Å². The second kappa shape index (κ2) is 7.35. The van der Waals surface area contributed by atoms with Crippen LogP contribution >= 0.6 is 0 Å². The maximum absolute atomic E-state index is 11.1. The summed E-state index contributed by atoms with van der Waals surface area (Å²) >= 11 is 0. The predicted octanol–water partition coefficient (Wildman–Crippen LogP) is 0.675. The summed E-state index contributed by atoms with van der Waals surface area (Å²) in [6.45, 7) is 6.82. The summed E-state index contributed by atoms with van der Waals surface area (Å²) in [5.41, 5.74) is 0. The van der Waals surface area contributed by atoms with Crippen LogP contribution < -0.4 is 10.6 Å². The third-order valence-corrected chi connectivity index (χ3v) is 1.68. The van der Waals surface area contributed by atoms with Gasteiger partial charge in [0, 0.05) is 25.9 Å². The van der Waals surface area contributed by atoms with Crippen LogP contribution in [-0.4, -0.2) is 24.9 Å². The molecule has 0 aliphatic heterocycles. The van der Waals surface area contributed by atoms with Crippen molar-refractivity contribution < 1.29 is 9.59 Å². The average molecular weight is 200 g/mol. The highest BCUT2D eigenvalue weighted by Crippen LogP contribution is 1.97. The molecule has 4 nitrogen and oxygen atoms in total. The van der Waals surface area contributed by atoms with Gasteiger partial charge in [0.15, 0.2) is 0 Å². The first kappa shape index (κ1) is 12.9. The van der Waals surface area contributed by atoms with Gasteiger partial charge in [-0.1, -0.05) is 20.8 Å². The molecule has 0 aromatic rings. The fourth-order valence-electron chi connectivity index (χ4n) is 0.972. The lowest BCUT2D eigenvalue weighted by Gasteiger charge is -2.07. The van der Waals surface area contributed by atoms with Crippen LogP contribution in [0.15, 0.2) is 0 Å². The van der Waals surface area contributed by atoms with E-state index in [1.54, 1.807) is 6.92 Å². The zero-order valence-electron chi connectivity index (χ0n) is 9.22. The Morgan fingerprint density at radius 3 is 2.00 bits per heavy atom. The SMILES string of the molecule is CCC(=O)NCCNC(=O)CC(C)C. The van der Waals surface area contributed by atoms with Crippen molar-refractivity contribution in [2.45, 2.75) is 33.6 Å². The van der Waals surface area contributed by atoms with Gasteiger partial charge in [-0.2, -0.15) is 0 Å². The fourth-order valence-corrected chi connectivity index (χ4v) is 0.972. The number of carbonyl (C=O) groups excluding carboxylic acids is 2. The highest BCUT2D eigenvalue weighted by molar-refractivity contribution is 5.77. The van der Waals surface area contributed by atoms with Crippen LogP contribution in [0.4, 0.5) is 0 Å². The summed E-state index contributed by atoms with van der Waals surface area (Å²) in [6, 6.07) is 0. The van der Waals surface area contributed by atoms with Gasteiger partial charge < -0.3 is 10.6 Å². The second-order valence-electron chi connectivity index (χ2n) is 3.65. The molecular formula is C10H20N2O2. The molecule has 0 aromatic heterocycles. The molecule has 82 valence electrons. The van der Waals surface area contributed by atoms with Gasteiger partial charge in [0.25, 0.3) is 0 Å². The topological polar surface area (TPSA) is 58.2 Å². The largest absolute Gasteiger partial charge is 0.354 e. The lowest BCUT2D eigenvalue weighted by atomic mass is 10.1. The van der Waals surface area contributed by atoms with E-state index in [0.29, 0.717) is 31.8 Å². The zero-order chi connectivity index (χ0) is 11.0. The van der Waals surface area contributed by atoms with Gasteiger partial charge in [-0.05, 0) is 5.92 Å². The number of carbonyl (C=O) groups is 2. The summed E-state index contributed by atoms with van der Waals surface area (Å²) in [5.74, 6) is 0.439. The minimum Gasteiger partial charge on any atom is -0.354 e. The monoisotopic (exact) mass is 200 g/mol. The molecule has 0 saturated heterocycles. The summed E-state index contributed by atoms with van der Waals surface area (Å²) in [7, 11) is 0. The van der Waals surface area contributed by atoms with E-state index < -0.39 is 0 Å². The lowest BCUT2D eigenvalue weighted by Crippen LogP contribution is -2.34. The summed E-state index contributed by atoms with van der Waals surface area (Å²) < 4.78 is 0. The maximum Gasteiger partial charge on any atom is 0.220 e. The van der Waals surface area contributed by atoms with Crippen molar-refractivity contribution in [3.8, 4) is 0 Å². The van der Waals surface area contributed by atoms with Crippen molar-refractivity contribution in [2.24, 2.45) is 5.92 Å². The normalized spacial score (nSPS) is 10.0. The van der Waals surface area contributed by atoms with Crippen LogP contribution in [0.25, 0.3) is 0 Å². The van der Waals surface area contributed by atoms with Crippen LogP contribution in [0.2, 0.25) is 0 Å². The number of amides is 2. The minimum atomic E-state index is 0.0168. The van der Waals surface area contributed by atoms with Crippen molar-refractivity contribution in [1.82, 2.24) is 10.6 Å². The molecule has 0 fully saturated rings. The van der Waals surface area contributed by atoms with Crippen molar-refractivity contribution >= 4 is 11.8 Å². The number of hydrogen-bond donors (Lipinski definition) is 2. The number of rotatable bonds is 6. The molecule has 0 heterocycles. The Kier molecular flexibility index (Phi) is 6.80. The Bertz CT molecular complexity index is 191. The highest BCUT2D eigenvalue weighted by atomic mass is 16.2. The molecular weight excluding hydrogens is 180 g/mol. The van der Waals surface area contributed by atoms with Crippen LogP contribution in [0.3, 0.4) is 0 Å². The minimum absolute atomic E-state index is 0.0168. The first-order valence-electron chi connectivity index (χ1n) is 5.09. The molecule has 0 spiro atoms. The second-order valence-corrected chi connectivity index (χ2v) is 3.65. The molecule has 0 rings (SSSR count). The summed E-state index contributed by atoms with van der Waals surface area (Å²) in [4.78, 5) is 22.0. The van der Waals surface area contributed by atoms with Crippen LogP contribution in [0, 0.1) is 5.92 Å². The maximum atomic E-state index is 11.1. The summed E-state index contributed by atoms with van der Waals surface area (Å²) in [6.07, 6.45) is 1.03. The first-order chi connectivity index (χ1) is 6.56. The number of hydrogen-bond acceptors (Lipinski definition) is 2. The molecule has 2 N–H and O–H groups in total. The Labute approximate surface area is 85.4 Å². The molecule has 0 radical (unpaired) electrons. The quantitative estimate of drug-likeness (QED) is 0.619. The molecule has 14 heavy (non-hydrogen) atoms. The van der Waals surface area contributed by atoms with Crippen LogP contribution in [0.1, 0.15) is 33.6 Å². The Balaban J connectivity index is 3.36. The molecule has 4 heteroatoms. The number of nitrogens with one attached hydrogen (secondary N) is 2. The van der Waals surface area contributed by atoms with E-state index in [4.69, 9.17) is 0 Å². The van der Waals surface area contributed by atoms with E-state index in [1.807, 2.05) is 13.8 Å². The third kappa shape index (κ3) is 7.58. The molecule has 0 aliphatic carbocycles. The van der Waals surface area contributed by atoms with Crippen molar-refractivity contribution in [2.75, 3.05) is 13.1 Å². The molecule has 0 bridgehead atoms. The highest BCUT2D eigenvalue weighted by Gasteiger charge is 2.03. The van der Waals surface area contributed by atoms with Crippen LogP contribution in [0.5, 0.6) is 0 Å². The van der Waals surface area contributed by atoms with E-state index in [1.165, 1.54) is 0 Å². The molecule has 0 atom stereocenters. The van der Waals surface area contributed by atoms with Gasteiger partial charge in [0.1, 0.15) is 0 Å². The Morgan fingerprint density at radius 1 is 1.07 bits per heavy atom. The fraction of sp³-hybridized carbons (Fsp3) is 0.800. The van der Waals surface area contributed by atoms with E-state index >= 15 is 0 Å². The lowest BCUT2D eigenvalue weighted by molar-refractivity contribution is -0.123. The Hall–Kier alpha value is -1.06. The molecule has 0 aliphatic rings.